The van der Waals surface area contributed by atoms with Crippen molar-refractivity contribution in [1.29, 1.82) is 0 Å². The molecule has 2 heterocycles. The lowest BCUT2D eigenvalue weighted by Crippen LogP contribution is -2.32. The Kier molecular flexibility index (Phi) is 7.02. The van der Waals surface area contributed by atoms with Gasteiger partial charge in [-0.1, -0.05) is 6.07 Å². The molecule has 0 amide bonds. The van der Waals surface area contributed by atoms with Crippen LogP contribution in [0.4, 0.5) is 5.69 Å². The molecule has 1 aromatic carbocycles. The van der Waals surface area contributed by atoms with Crippen LogP contribution < -0.4 is 15.4 Å². The number of hydrogen-bond acceptors (Lipinski definition) is 5. The van der Waals surface area contributed by atoms with E-state index >= 15 is 0 Å². The normalized spacial score (nSPS) is 11.6. The van der Waals surface area contributed by atoms with E-state index in [4.69, 9.17) is 4.74 Å². The van der Waals surface area contributed by atoms with Gasteiger partial charge in [-0.05, 0) is 56.0 Å². The first-order valence-electron chi connectivity index (χ1n) is 9.27. The van der Waals surface area contributed by atoms with Gasteiger partial charge in [-0.2, -0.15) is 0 Å². The van der Waals surface area contributed by atoms with Crippen molar-refractivity contribution < 1.29 is 4.74 Å². The second-order valence-electron chi connectivity index (χ2n) is 6.60. The number of aliphatic imine (C=N–C) groups is 1. The highest BCUT2D eigenvalue weighted by atomic mass is 32.1. The molecular formula is C20H26N6OS. The zero-order chi connectivity index (χ0) is 19.8. The van der Waals surface area contributed by atoms with Crippen molar-refractivity contribution in [2.24, 2.45) is 12.0 Å². The number of anilines is 1. The Labute approximate surface area is 169 Å². The van der Waals surface area contributed by atoms with Gasteiger partial charge in [0.2, 0.25) is 0 Å². The summed E-state index contributed by atoms with van der Waals surface area (Å²) in [6, 6.07) is 12.1. The van der Waals surface area contributed by atoms with Crippen molar-refractivity contribution in [1.82, 2.24) is 20.1 Å². The molecule has 0 unspecified atom stereocenters. The lowest BCUT2D eigenvalue weighted by molar-refractivity contribution is 0.242. The molecule has 0 spiro atoms. The monoisotopic (exact) mass is 398 g/mol. The highest BCUT2D eigenvalue weighted by Crippen LogP contribution is 2.17. The van der Waals surface area contributed by atoms with Gasteiger partial charge in [0.05, 0.1) is 6.10 Å². The number of benzene rings is 1. The molecule has 0 aliphatic rings. The van der Waals surface area contributed by atoms with Gasteiger partial charge >= 0.3 is 0 Å². The summed E-state index contributed by atoms with van der Waals surface area (Å²) in [7, 11) is 1.91. The highest BCUT2D eigenvalue weighted by molar-refractivity contribution is 7.09. The number of guanidine groups is 1. The minimum Gasteiger partial charge on any atom is -0.491 e. The van der Waals surface area contributed by atoms with E-state index in [0.29, 0.717) is 12.5 Å². The summed E-state index contributed by atoms with van der Waals surface area (Å²) in [5.74, 6) is 2.36. The fourth-order valence-corrected chi connectivity index (χ4v) is 3.23. The van der Waals surface area contributed by atoms with Crippen LogP contribution in [0.2, 0.25) is 0 Å². The van der Waals surface area contributed by atoms with E-state index in [1.165, 1.54) is 4.88 Å². The number of rotatable bonds is 8. The second-order valence-corrected chi connectivity index (χ2v) is 7.63. The Hall–Kier alpha value is -2.87. The van der Waals surface area contributed by atoms with Crippen molar-refractivity contribution in [2.45, 2.75) is 32.9 Å². The molecule has 8 heteroatoms. The van der Waals surface area contributed by atoms with Crippen LogP contribution in [0.1, 0.15) is 24.5 Å². The van der Waals surface area contributed by atoms with Crippen molar-refractivity contribution in [3.05, 3.63) is 58.8 Å². The summed E-state index contributed by atoms with van der Waals surface area (Å²) in [5, 5.41) is 16.8. The number of nitrogens with one attached hydrogen (secondary N) is 2. The molecule has 0 radical (unpaired) electrons. The average molecular weight is 399 g/mol. The first-order chi connectivity index (χ1) is 13.6. The number of ether oxygens (including phenoxy) is 1. The number of thiophene rings is 1. The zero-order valence-electron chi connectivity index (χ0n) is 16.4. The number of aryl methyl sites for hydroxylation is 1. The number of nitrogens with zero attached hydrogens (tertiary/aromatic N) is 4. The van der Waals surface area contributed by atoms with Crippen LogP contribution in [0.5, 0.6) is 5.75 Å². The molecule has 0 aliphatic carbocycles. The zero-order valence-corrected chi connectivity index (χ0v) is 17.2. The molecule has 2 aromatic heterocycles. The molecule has 7 nitrogen and oxygen atoms in total. The minimum absolute atomic E-state index is 0.154. The fourth-order valence-electron chi connectivity index (χ4n) is 2.52. The first kappa shape index (κ1) is 19.9. The third kappa shape index (κ3) is 6.09. The van der Waals surface area contributed by atoms with Crippen LogP contribution in [0, 0.1) is 0 Å². The fraction of sp³-hybridized carbons (Fsp3) is 0.350. The van der Waals surface area contributed by atoms with Gasteiger partial charge < -0.3 is 19.9 Å². The smallest absolute Gasteiger partial charge is 0.196 e. The van der Waals surface area contributed by atoms with Gasteiger partial charge in [-0.15, -0.1) is 21.5 Å². The van der Waals surface area contributed by atoms with E-state index < -0.39 is 0 Å². The second kappa shape index (κ2) is 9.89. The molecule has 0 bridgehead atoms. The van der Waals surface area contributed by atoms with Crippen molar-refractivity contribution in [3.63, 3.8) is 0 Å². The van der Waals surface area contributed by atoms with Gasteiger partial charge in [0.1, 0.15) is 18.6 Å². The average Bonchev–Trinajstić information content (AvgIpc) is 3.32. The lowest BCUT2D eigenvalue weighted by atomic mass is 10.3. The molecule has 28 heavy (non-hydrogen) atoms. The molecule has 0 saturated heterocycles. The van der Waals surface area contributed by atoms with Crippen molar-refractivity contribution in [3.8, 4) is 5.75 Å². The minimum atomic E-state index is 0.154. The van der Waals surface area contributed by atoms with Gasteiger partial charge in [-0.25, -0.2) is 4.99 Å². The number of hydrogen-bond donors (Lipinski definition) is 2. The van der Waals surface area contributed by atoms with E-state index in [1.54, 1.807) is 17.7 Å². The van der Waals surface area contributed by atoms with E-state index in [1.807, 2.05) is 49.7 Å². The standard InChI is InChI=1S/C20H26N6OS/c1-15(2)27-17-8-6-16(7-9-17)24-20(21-11-10-18-5-4-12-28-18)22-13-19-25-23-14-26(19)3/h4-9,12,14-15H,10-11,13H2,1-3H3,(H2,21,22,24). The van der Waals surface area contributed by atoms with Crippen LogP contribution in [0.3, 0.4) is 0 Å². The summed E-state index contributed by atoms with van der Waals surface area (Å²) >= 11 is 1.76. The molecule has 0 saturated carbocycles. The third-order valence-electron chi connectivity index (χ3n) is 3.92. The van der Waals surface area contributed by atoms with Crippen LogP contribution in [-0.4, -0.2) is 33.4 Å². The van der Waals surface area contributed by atoms with Crippen molar-refractivity contribution >= 4 is 23.0 Å². The molecule has 2 N–H and O–H groups in total. The molecule has 148 valence electrons. The Morgan fingerprint density at radius 1 is 1.25 bits per heavy atom. The summed E-state index contributed by atoms with van der Waals surface area (Å²) in [6.45, 7) is 5.26. The topological polar surface area (TPSA) is 76.4 Å². The molecular weight excluding hydrogens is 372 g/mol. The maximum absolute atomic E-state index is 5.70. The Balaban J connectivity index is 1.64. The molecule has 0 fully saturated rings. The number of aromatic nitrogens is 3. The largest absolute Gasteiger partial charge is 0.491 e. The van der Waals surface area contributed by atoms with Gasteiger partial charge in [0, 0.05) is 24.2 Å². The molecule has 3 aromatic rings. The van der Waals surface area contributed by atoms with Crippen LogP contribution in [0.25, 0.3) is 0 Å². The van der Waals surface area contributed by atoms with Crippen molar-refractivity contribution in [2.75, 3.05) is 11.9 Å². The predicted molar refractivity (Wildman–Crippen MR) is 114 cm³/mol. The van der Waals surface area contributed by atoms with Crippen LogP contribution in [-0.2, 0) is 20.0 Å². The SMILES string of the molecule is CC(C)Oc1ccc(NC(=NCc2nncn2C)NCCc2cccs2)cc1. The van der Waals surface area contributed by atoms with E-state index in [9.17, 15) is 0 Å². The Morgan fingerprint density at radius 3 is 2.71 bits per heavy atom. The van der Waals surface area contributed by atoms with Gasteiger partial charge in [-0.3, -0.25) is 0 Å². The molecule has 0 aliphatic heterocycles. The third-order valence-corrected chi connectivity index (χ3v) is 4.85. The first-order valence-corrected chi connectivity index (χ1v) is 10.2. The highest BCUT2D eigenvalue weighted by Gasteiger charge is 2.05. The molecule has 0 atom stereocenters. The predicted octanol–water partition coefficient (Wildman–Crippen LogP) is 3.46. The summed E-state index contributed by atoms with van der Waals surface area (Å²) in [5.41, 5.74) is 0.941. The lowest BCUT2D eigenvalue weighted by Gasteiger charge is -2.14. The molecule has 3 rings (SSSR count). The van der Waals surface area contributed by atoms with Crippen LogP contribution >= 0.6 is 11.3 Å². The van der Waals surface area contributed by atoms with Crippen LogP contribution in [0.15, 0.2) is 53.1 Å². The maximum atomic E-state index is 5.70. The van der Waals surface area contributed by atoms with Gasteiger partial charge in [0.25, 0.3) is 0 Å². The van der Waals surface area contributed by atoms with Gasteiger partial charge in [0.15, 0.2) is 11.8 Å². The van der Waals surface area contributed by atoms with E-state index in [0.717, 1.165) is 30.2 Å². The summed E-state index contributed by atoms with van der Waals surface area (Å²) in [6.07, 6.45) is 2.78. The summed E-state index contributed by atoms with van der Waals surface area (Å²) < 4.78 is 7.57. The summed E-state index contributed by atoms with van der Waals surface area (Å²) in [4.78, 5) is 6.00. The van der Waals surface area contributed by atoms with E-state index in [2.05, 4.69) is 43.3 Å². The Bertz CT molecular complexity index is 871. The maximum Gasteiger partial charge on any atom is 0.196 e. The Morgan fingerprint density at radius 2 is 2.07 bits per heavy atom. The quantitative estimate of drug-likeness (QED) is 0.449. The van der Waals surface area contributed by atoms with E-state index in [-0.39, 0.29) is 6.10 Å².